The van der Waals surface area contributed by atoms with Gasteiger partial charge >= 0.3 is 5.97 Å². The Morgan fingerprint density at radius 3 is 2.68 bits per heavy atom. The number of hydrogen-bond acceptors (Lipinski definition) is 3. The summed E-state index contributed by atoms with van der Waals surface area (Å²) in [5.41, 5.74) is 0.296. The monoisotopic (exact) mass is 511 g/mol. The number of rotatable bonds is 7. The molecule has 2 unspecified atom stereocenters. The van der Waals surface area contributed by atoms with Gasteiger partial charge in [-0.05, 0) is 31.8 Å². The van der Waals surface area contributed by atoms with E-state index in [0.29, 0.717) is 18.4 Å². The number of aliphatic carboxylic acids is 1. The van der Waals surface area contributed by atoms with Crippen molar-refractivity contribution in [2.75, 3.05) is 0 Å². The first-order valence-electron chi connectivity index (χ1n) is 6.32. The van der Waals surface area contributed by atoms with E-state index in [2.05, 4.69) is 5.32 Å². The number of carboxylic acids is 1. The molecule has 0 saturated heterocycles. The molecule has 0 spiro atoms. The molecule has 1 amide bonds. The van der Waals surface area contributed by atoms with Crippen molar-refractivity contribution < 1.29 is 19.4 Å². The average molecular weight is 511 g/mol. The fourth-order valence-electron chi connectivity index (χ4n) is 2.16. The Kier molecular flexibility index (Phi) is 6.89. The van der Waals surface area contributed by atoms with Crippen LogP contribution in [-0.2, 0) is 14.3 Å². The topological polar surface area (TPSA) is 75.6 Å². The smallest absolute Gasteiger partial charge is 0.331 e. The van der Waals surface area contributed by atoms with Crippen molar-refractivity contribution in [1.29, 1.82) is 0 Å². The van der Waals surface area contributed by atoms with Gasteiger partial charge in [0.25, 0.3) is 0 Å². The minimum atomic E-state index is -0.953. The van der Waals surface area contributed by atoms with Gasteiger partial charge in [0.05, 0.1) is 12.2 Å². The number of carbonyl (C=O) groups excluding carboxylic acids is 1. The van der Waals surface area contributed by atoms with Crippen LogP contribution in [0.3, 0.4) is 0 Å². The van der Waals surface area contributed by atoms with Gasteiger partial charge in [-0.25, -0.2) is 4.79 Å². The molecule has 5 nitrogen and oxygen atoms in total. The number of carbonyl (C=O) groups is 1. The average Bonchev–Trinajstić information content (AvgIpc) is 2.36. The molecule has 0 aromatic rings. The number of ether oxygens (including phenoxy) is 1. The van der Waals surface area contributed by atoms with Crippen molar-refractivity contribution in [3.8, 4) is 0 Å². The standard InChI is InChI=1S/C13H20NO4.Fm/c1-3-11(4-2)18-12-6-9(13(16)17)5-10(7-12)14-8-15;/h6,10-12H,3-5,7H2,1-2H3,(H,14,15)(H,16,17);/q-1;. The van der Waals surface area contributed by atoms with Gasteiger partial charge in [0.1, 0.15) is 0 Å². The summed E-state index contributed by atoms with van der Waals surface area (Å²) in [5, 5.41) is 11.6. The van der Waals surface area contributed by atoms with Crippen LogP contribution in [0, 0.1) is 0 Å². The van der Waals surface area contributed by atoms with E-state index in [0.717, 1.165) is 12.8 Å². The van der Waals surface area contributed by atoms with Crippen molar-refractivity contribution in [1.82, 2.24) is 5.32 Å². The molecule has 2 N–H and O–H groups in total. The SMILES string of the molecule is CCC(CC)OC1C=C(C(=O)O)CC(N[C-]=O)C1.[Fm]. The minimum Gasteiger partial charge on any atom is -0.527 e. The zero-order valence-electron chi connectivity index (χ0n) is 11.1. The maximum atomic E-state index is 11.0. The van der Waals surface area contributed by atoms with Gasteiger partial charge in [-0.2, -0.15) is 6.41 Å². The van der Waals surface area contributed by atoms with Crippen LogP contribution < -0.4 is 5.32 Å². The number of nitrogens with one attached hydrogen (secondary N) is 1. The van der Waals surface area contributed by atoms with Crippen LogP contribution >= 0.6 is 0 Å². The summed E-state index contributed by atoms with van der Waals surface area (Å²) in [6.07, 6.45) is 5.86. The summed E-state index contributed by atoms with van der Waals surface area (Å²) >= 11 is 0. The van der Waals surface area contributed by atoms with Gasteiger partial charge in [-0.3, -0.25) is 0 Å². The summed E-state index contributed by atoms with van der Waals surface area (Å²) in [5.74, 6) is -0.953. The molecule has 1 rings (SSSR count). The first-order chi connectivity index (χ1) is 8.60. The summed E-state index contributed by atoms with van der Waals surface area (Å²) < 4.78 is 5.84. The second-order valence-electron chi connectivity index (χ2n) is 4.49. The van der Waals surface area contributed by atoms with Crippen LogP contribution in [0.4, 0.5) is 0 Å². The van der Waals surface area contributed by atoms with Gasteiger partial charge in [-0.1, -0.05) is 13.8 Å². The molecule has 0 heterocycles. The minimum absolute atomic E-state index is 0. The Morgan fingerprint density at radius 2 is 2.21 bits per heavy atom. The van der Waals surface area contributed by atoms with Crippen molar-refractivity contribution in [3.63, 3.8) is 0 Å². The van der Waals surface area contributed by atoms with Crippen molar-refractivity contribution >= 4 is 12.4 Å². The molecule has 6 heteroatoms. The van der Waals surface area contributed by atoms with Gasteiger partial charge in [0.2, 0.25) is 0 Å². The summed E-state index contributed by atoms with van der Waals surface area (Å²) in [6, 6.07) is -0.210. The van der Waals surface area contributed by atoms with Crippen LogP contribution in [0.25, 0.3) is 0 Å². The van der Waals surface area contributed by atoms with Crippen molar-refractivity contribution in [2.45, 2.75) is 57.8 Å². The van der Waals surface area contributed by atoms with Crippen LogP contribution in [0.2, 0.25) is 0 Å². The molecule has 0 radical (unpaired) electrons. The fourth-order valence-corrected chi connectivity index (χ4v) is 2.16. The zero-order chi connectivity index (χ0) is 13.5. The maximum Gasteiger partial charge on any atom is 0.331 e. The molecule has 2 atom stereocenters. The quantitative estimate of drug-likeness (QED) is 0.401. The van der Waals surface area contributed by atoms with E-state index in [1.807, 2.05) is 13.8 Å². The summed E-state index contributed by atoms with van der Waals surface area (Å²) in [6.45, 7) is 4.07. The third-order valence-corrected chi connectivity index (χ3v) is 3.19. The van der Waals surface area contributed by atoms with Gasteiger partial charge < -0.3 is 20.0 Å². The normalized spacial score (nSPS) is 22.4. The van der Waals surface area contributed by atoms with E-state index >= 15 is 0 Å². The second kappa shape index (κ2) is 7.87. The molecule has 114 valence electrons. The molecule has 0 aromatic carbocycles. The third kappa shape index (κ3) is 4.79. The third-order valence-electron chi connectivity index (χ3n) is 3.19. The van der Waals surface area contributed by atoms with Crippen LogP contribution in [0.5, 0.6) is 0 Å². The van der Waals surface area contributed by atoms with E-state index in [1.165, 1.54) is 0 Å². The molecule has 19 heavy (non-hydrogen) atoms. The predicted octanol–water partition coefficient (Wildman–Crippen LogP) is 1.39. The second-order valence-corrected chi connectivity index (χ2v) is 4.49. The Labute approximate surface area is 107 Å². The predicted molar refractivity (Wildman–Crippen MR) is 66.8 cm³/mol. The molecule has 1 aliphatic carbocycles. The number of amides is 1. The zero-order valence-corrected chi connectivity index (χ0v) is 13.5. The fraction of sp³-hybridized carbons (Fsp3) is 0.692. The van der Waals surface area contributed by atoms with Crippen LogP contribution in [-0.4, -0.2) is 35.7 Å². The van der Waals surface area contributed by atoms with E-state index in [-0.39, 0.29) is 18.2 Å². The Bertz CT molecular complexity index is 329. The Morgan fingerprint density at radius 1 is 1.58 bits per heavy atom. The molecular formula is C13H20FmNO4-. The van der Waals surface area contributed by atoms with Crippen molar-refractivity contribution in [2.24, 2.45) is 0 Å². The Balaban J connectivity index is 0.00000324. The van der Waals surface area contributed by atoms with E-state index in [1.54, 1.807) is 12.5 Å². The van der Waals surface area contributed by atoms with Gasteiger partial charge in [0.15, 0.2) is 0 Å². The van der Waals surface area contributed by atoms with Crippen LogP contribution in [0.15, 0.2) is 11.6 Å². The van der Waals surface area contributed by atoms with E-state index in [4.69, 9.17) is 9.84 Å². The molecule has 1 aliphatic rings. The molecule has 0 bridgehead atoms. The Hall–Kier alpha value is -2.36. The molecule has 0 fully saturated rings. The summed E-state index contributed by atoms with van der Waals surface area (Å²) in [7, 11) is 0. The van der Waals surface area contributed by atoms with E-state index < -0.39 is 5.97 Å². The summed E-state index contributed by atoms with van der Waals surface area (Å²) in [4.78, 5) is 21.4. The van der Waals surface area contributed by atoms with Crippen molar-refractivity contribution in [3.05, 3.63) is 11.6 Å². The van der Waals surface area contributed by atoms with Crippen LogP contribution in [0.1, 0.15) is 39.5 Å². The first kappa shape index (κ1) is 16.6. The maximum absolute atomic E-state index is 11.0. The number of hydrogen-bond donors (Lipinski definition) is 2. The van der Waals surface area contributed by atoms with E-state index in [9.17, 15) is 9.59 Å². The largest absolute Gasteiger partial charge is 0.527 e. The van der Waals surface area contributed by atoms with Gasteiger partial charge in [-0.15, -0.1) is 0 Å². The number of carboxylic acid groups (broad SMARTS) is 1. The van der Waals surface area contributed by atoms with Gasteiger partial charge in [0, 0.05) is 11.6 Å². The molecule has 0 saturated carbocycles. The molecule has 0 aliphatic heterocycles. The molecule has 0 aromatic heterocycles. The molecular weight excluding hydrogens is 491 g/mol. The first-order valence-corrected chi connectivity index (χ1v) is 6.32.